The molecule has 3 nitrogen and oxygen atoms in total. The molecule has 0 aliphatic rings. The summed E-state index contributed by atoms with van der Waals surface area (Å²) in [7, 11) is 3.58. The Morgan fingerprint density at radius 2 is 1.06 bits per heavy atom. The maximum Gasteiger partial charge on any atom is 0.237 e. The maximum absolute atomic E-state index is 12.0. The standard InChI is InChI=1S/C26H54N2OS2/c1-3-5-7-8-9-10-11-12-13-14-15-16-17-18-19-20-22-28-26(29)25(27)24-31-30-23-21-6-4-2/h25H,3-24,27H2,1-2H3,(H,28,29)/t25-/m0/s1. The van der Waals surface area contributed by atoms with Crippen LogP contribution in [0, 0.1) is 0 Å². The van der Waals surface area contributed by atoms with Gasteiger partial charge in [0, 0.05) is 18.1 Å². The fraction of sp³-hybridized carbons (Fsp3) is 0.962. The fourth-order valence-corrected chi connectivity index (χ4v) is 5.95. The van der Waals surface area contributed by atoms with Gasteiger partial charge in [-0.15, -0.1) is 0 Å². The van der Waals surface area contributed by atoms with E-state index in [1.807, 2.05) is 10.8 Å². The van der Waals surface area contributed by atoms with E-state index in [1.54, 1.807) is 10.8 Å². The van der Waals surface area contributed by atoms with Crippen LogP contribution in [0.25, 0.3) is 0 Å². The highest BCUT2D eigenvalue weighted by Gasteiger charge is 2.12. The number of nitrogens with one attached hydrogen (secondary N) is 1. The lowest BCUT2D eigenvalue weighted by molar-refractivity contribution is -0.121. The lowest BCUT2D eigenvalue weighted by Gasteiger charge is -2.11. The number of hydrogen-bond acceptors (Lipinski definition) is 4. The molecule has 3 N–H and O–H groups in total. The van der Waals surface area contributed by atoms with Crippen molar-refractivity contribution < 1.29 is 4.79 Å². The summed E-state index contributed by atoms with van der Waals surface area (Å²) in [5.74, 6) is 1.88. The molecule has 0 radical (unpaired) electrons. The maximum atomic E-state index is 12.0. The Morgan fingerprint density at radius 3 is 1.55 bits per heavy atom. The molecule has 0 saturated carbocycles. The van der Waals surface area contributed by atoms with Gasteiger partial charge in [-0.25, -0.2) is 0 Å². The third-order valence-corrected chi connectivity index (χ3v) is 8.35. The minimum Gasteiger partial charge on any atom is -0.355 e. The van der Waals surface area contributed by atoms with Crippen molar-refractivity contribution in [3.8, 4) is 0 Å². The molecule has 0 aromatic rings. The summed E-state index contributed by atoms with van der Waals surface area (Å²) in [4.78, 5) is 12.0. The topological polar surface area (TPSA) is 55.1 Å². The Balaban J connectivity index is 3.23. The van der Waals surface area contributed by atoms with Gasteiger partial charge in [0.25, 0.3) is 0 Å². The van der Waals surface area contributed by atoms with Crippen molar-refractivity contribution in [2.45, 2.75) is 142 Å². The van der Waals surface area contributed by atoms with Gasteiger partial charge in [0.1, 0.15) is 0 Å². The second-order valence-corrected chi connectivity index (χ2v) is 11.6. The Labute approximate surface area is 203 Å². The molecule has 0 heterocycles. The first-order valence-electron chi connectivity index (χ1n) is 13.5. The molecule has 0 aromatic heterocycles. The zero-order valence-electron chi connectivity index (χ0n) is 20.9. The van der Waals surface area contributed by atoms with Crippen molar-refractivity contribution in [2.75, 3.05) is 18.1 Å². The van der Waals surface area contributed by atoms with E-state index >= 15 is 0 Å². The molecule has 1 atom stereocenters. The highest BCUT2D eigenvalue weighted by Crippen LogP contribution is 2.23. The first-order valence-corrected chi connectivity index (χ1v) is 16.0. The van der Waals surface area contributed by atoms with Crippen LogP contribution in [0.1, 0.15) is 136 Å². The number of rotatable bonds is 25. The highest BCUT2D eigenvalue weighted by atomic mass is 33.1. The van der Waals surface area contributed by atoms with Crippen molar-refractivity contribution >= 4 is 27.5 Å². The van der Waals surface area contributed by atoms with Gasteiger partial charge in [-0.2, -0.15) is 0 Å². The molecule has 0 saturated heterocycles. The van der Waals surface area contributed by atoms with Crippen LogP contribution in [0.2, 0.25) is 0 Å². The third-order valence-electron chi connectivity index (χ3n) is 5.83. The van der Waals surface area contributed by atoms with Gasteiger partial charge in [0.05, 0.1) is 6.04 Å². The molecule has 5 heteroatoms. The van der Waals surface area contributed by atoms with Crippen LogP contribution in [-0.2, 0) is 4.79 Å². The average Bonchev–Trinajstić information content (AvgIpc) is 2.77. The van der Waals surface area contributed by atoms with E-state index in [0.29, 0.717) is 5.75 Å². The number of amides is 1. The van der Waals surface area contributed by atoms with E-state index in [2.05, 4.69) is 19.2 Å². The van der Waals surface area contributed by atoms with Gasteiger partial charge in [0.15, 0.2) is 0 Å². The summed E-state index contributed by atoms with van der Waals surface area (Å²) in [6.07, 6.45) is 25.8. The monoisotopic (exact) mass is 474 g/mol. The van der Waals surface area contributed by atoms with Crippen molar-refractivity contribution in [3.05, 3.63) is 0 Å². The number of carbonyl (C=O) groups excluding carboxylic acids is 1. The summed E-state index contributed by atoms with van der Waals surface area (Å²) >= 11 is 0. The molecule has 0 aromatic carbocycles. The summed E-state index contributed by atoms with van der Waals surface area (Å²) in [6, 6.07) is -0.371. The van der Waals surface area contributed by atoms with Gasteiger partial charge < -0.3 is 11.1 Å². The van der Waals surface area contributed by atoms with Crippen LogP contribution in [0.15, 0.2) is 0 Å². The second-order valence-electron chi connectivity index (χ2n) is 9.01. The molecular weight excluding hydrogens is 420 g/mol. The molecule has 0 unspecified atom stereocenters. The molecule has 0 bridgehead atoms. The second kappa shape index (κ2) is 26.4. The largest absolute Gasteiger partial charge is 0.355 e. The molecule has 186 valence electrons. The van der Waals surface area contributed by atoms with Crippen molar-refractivity contribution in [1.82, 2.24) is 5.32 Å². The number of carbonyl (C=O) groups is 1. The summed E-state index contributed by atoms with van der Waals surface area (Å²) in [6.45, 7) is 5.28. The zero-order valence-corrected chi connectivity index (χ0v) is 22.6. The number of unbranched alkanes of at least 4 members (excludes halogenated alkanes) is 17. The van der Waals surface area contributed by atoms with E-state index in [-0.39, 0.29) is 11.9 Å². The van der Waals surface area contributed by atoms with Gasteiger partial charge in [0.2, 0.25) is 5.91 Å². The molecule has 0 aliphatic heterocycles. The van der Waals surface area contributed by atoms with Crippen molar-refractivity contribution in [3.63, 3.8) is 0 Å². The zero-order chi connectivity index (χ0) is 22.8. The van der Waals surface area contributed by atoms with Crippen LogP contribution in [-0.4, -0.2) is 30.0 Å². The lowest BCUT2D eigenvalue weighted by atomic mass is 10.0. The van der Waals surface area contributed by atoms with Crippen LogP contribution in [0.3, 0.4) is 0 Å². The van der Waals surface area contributed by atoms with E-state index < -0.39 is 0 Å². The lowest BCUT2D eigenvalue weighted by Crippen LogP contribution is -2.42. The van der Waals surface area contributed by atoms with Crippen LogP contribution < -0.4 is 11.1 Å². The van der Waals surface area contributed by atoms with E-state index in [1.165, 1.54) is 116 Å². The molecule has 0 aliphatic carbocycles. The Hall–Kier alpha value is 0.130. The molecule has 0 rings (SSSR count). The minimum absolute atomic E-state index is 0.0163. The first kappa shape index (κ1) is 31.1. The normalized spacial score (nSPS) is 12.2. The molecule has 1 amide bonds. The smallest absolute Gasteiger partial charge is 0.237 e. The Morgan fingerprint density at radius 1 is 0.645 bits per heavy atom. The molecule has 31 heavy (non-hydrogen) atoms. The van der Waals surface area contributed by atoms with Crippen LogP contribution >= 0.6 is 21.6 Å². The third kappa shape index (κ3) is 24.6. The minimum atomic E-state index is -0.371. The van der Waals surface area contributed by atoms with Gasteiger partial charge >= 0.3 is 0 Å². The number of nitrogens with two attached hydrogens (primary N) is 1. The summed E-state index contributed by atoms with van der Waals surface area (Å²) < 4.78 is 0. The summed E-state index contributed by atoms with van der Waals surface area (Å²) in [5.41, 5.74) is 5.98. The Bertz CT molecular complexity index is 369. The molecular formula is C26H54N2OS2. The molecule has 0 fully saturated rings. The average molecular weight is 475 g/mol. The Kier molecular flexibility index (Phi) is 26.5. The predicted octanol–water partition coefficient (Wildman–Crippen LogP) is 8.26. The van der Waals surface area contributed by atoms with Crippen molar-refractivity contribution in [1.29, 1.82) is 0 Å². The van der Waals surface area contributed by atoms with Gasteiger partial charge in [-0.05, 0) is 12.8 Å². The fourth-order valence-electron chi connectivity index (χ4n) is 3.68. The molecule has 0 spiro atoms. The predicted molar refractivity (Wildman–Crippen MR) is 145 cm³/mol. The van der Waals surface area contributed by atoms with Crippen LogP contribution in [0.5, 0.6) is 0 Å². The van der Waals surface area contributed by atoms with E-state index in [4.69, 9.17) is 5.73 Å². The number of hydrogen-bond donors (Lipinski definition) is 2. The highest BCUT2D eigenvalue weighted by molar-refractivity contribution is 8.76. The first-order chi connectivity index (χ1) is 15.2. The quantitative estimate of drug-likeness (QED) is 0.103. The SMILES string of the molecule is CCCCCCCCCCCCCCCCCCNC(=O)[C@@H](N)CSSCCCCC. The van der Waals surface area contributed by atoms with Gasteiger partial charge in [-0.1, -0.05) is 145 Å². The summed E-state index contributed by atoms with van der Waals surface area (Å²) in [5, 5.41) is 3.01. The van der Waals surface area contributed by atoms with E-state index in [9.17, 15) is 4.79 Å². The van der Waals surface area contributed by atoms with Gasteiger partial charge in [-0.3, -0.25) is 4.79 Å². The van der Waals surface area contributed by atoms with E-state index in [0.717, 1.165) is 18.7 Å². The van der Waals surface area contributed by atoms with Crippen LogP contribution in [0.4, 0.5) is 0 Å². The van der Waals surface area contributed by atoms with Crippen molar-refractivity contribution in [2.24, 2.45) is 5.73 Å².